The number of ether oxygens (including phenoxy) is 2. The highest BCUT2D eigenvalue weighted by molar-refractivity contribution is 6.09. The van der Waals surface area contributed by atoms with Crippen LogP contribution in [0, 0.1) is 0 Å². The SMILES string of the molecule is COc1cc2nn(C3CCC(N(C)C(=O)C(C)(C)OC(C)=O)CC3)cc2cc1C(=O)Nc1cnn2cccnc12. The number of hydrogen-bond acceptors (Lipinski definition) is 8. The summed E-state index contributed by atoms with van der Waals surface area (Å²) in [5.74, 6) is -0.615. The van der Waals surface area contributed by atoms with Crippen LogP contribution in [0.1, 0.15) is 62.9 Å². The molecule has 0 radical (unpaired) electrons. The van der Waals surface area contributed by atoms with E-state index in [1.165, 1.54) is 14.0 Å². The molecule has 1 saturated carbocycles. The van der Waals surface area contributed by atoms with Crippen LogP contribution in [0.2, 0.25) is 0 Å². The van der Waals surface area contributed by atoms with Crippen molar-refractivity contribution in [1.29, 1.82) is 0 Å². The number of fused-ring (bicyclic) bond motifs is 2. The lowest BCUT2D eigenvalue weighted by molar-refractivity contribution is -0.169. The Morgan fingerprint density at radius 1 is 1.15 bits per heavy atom. The fraction of sp³-hybridized carbons (Fsp3) is 0.429. The predicted molar refractivity (Wildman–Crippen MR) is 147 cm³/mol. The number of esters is 1. The Bertz CT molecular complexity index is 1580. The molecule has 3 aromatic heterocycles. The van der Waals surface area contributed by atoms with Crippen molar-refractivity contribution in [3.63, 3.8) is 0 Å². The molecule has 0 unspecified atom stereocenters. The van der Waals surface area contributed by atoms with E-state index in [9.17, 15) is 14.4 Å². The van der Waals surface area contributed by atoms with Gasteiger partial charge in [0.15, 0.2) is 11.2 Å². The van der Waals surface area contributed by atoms with E-state index in [1.54, 1.807) is 67.1 Å². The summed E-state index contributed by atoms with van der Waals surface area (Å²) in [7, 11) is 3.29. The van der Waals surface area contributed by atoms with Crippen LogP contribution in [0.25, 0.3) is 16.6 Å². The van der Waals surface area contributed by atoms with Crippen LogP contribution in [-0.2, 0) is 14.3 Å². The van der Waals surface area contributed by atoms with Gasteiger partial charge in [0.05, 0.1) is 30.4 Å². The first kappa shape index (κ1) is 27.1. The van der Waals surface area contributed by atoms with Gasteiger partial charge in [-0.25, -0.2) is 9.50 Å². The van der Waals surface area contributed by atoms with Gasteiger partial charge in [-0.2, -0.15) is 10.2 Å². The minimum absolute atomic E-state index is 0.0494. The number of anilines is 1. The standard InChI is InChI=1S/C28H33N7O5/c1-17(36)40-28(2,3)27(38)33(4)19-7-9-20(10-8-19)35-16-18-13-21(24(39-5)14-22(18)32-35)26(37)31-23-15-30-34-12-6-11-29-25(23)34/h6,11-16,19-20H,7-10H2,1-5H3,(H,31,37). The monoisotopic (exact) mass is 547 g/mol. The minimum Gasteiger partial charge on any atom is -0.496 e. The predicted octanol–water partition coefficient (Wildman–Crippen LogP) is 3.62. The Morgan fingerprint density at radius 3 is 2.60 bits per heavy atom. The molecule has 3 heterocycles. The number of aromatic nitrogens is 5. The molecule has 1 N–H and O–H groups in total. The van der Waals surface area contributed by atoms with E-state index in [0.29, 0.717) is 22.6 Å². The third-order valence-electron chi connectivity index (χ3n) is 7.44. The first-order valence-electron chi connectivity index (χ1n) is 13.2. The Balaban J connectivity index is 1.30. The van der Waals surface area contributed by atoms with E-state index < -0.39 is 11.6 Å². The van der Waals surface area contributed by atoms with E-state index in [2.05, 4.69) is 15.4 Å². The van der Waals surface area contributed by atoms with E-state index in [1.807, 2.05) is 10.9 Å². The highest BCUT2D eigenvalue weighted by Gasteiger charge is 2.37. The Morgan fingerprint density at radius 2 is 1.90 bits per heavy atom. The smallest absolute Gasteiger partial charge is 0.303 e. The summed E-state index contributed by atoms with van der Waals surface area (Å²) in [5.41, 5.74) is 0.941. The van der Waals surface area contributed by atoms with Crippen molar-refractivity contribution in [2.24, 2.45) is 0 Å². The van der Waals surface area contributed by atoms with Crippen molar-refractivity contribution >= 4 is 40.0 Å². The van der Waals surface area contributed by atoms with Gasteiger partial charge < -0.3 is 19.7 Å². The van der Waals surface area contributed by atoms with Gasteiger partial charge in [0, 0.05) is 50.1 Å². The second-order valence-electron chi connectivity index (χ2n) is 10.6. The summed E-state index contributed by atoms with van der Waals surface area (Å²) in [6, 6.07) is 5.51. The van der Waals surface area contributed by atoms with Gasteiger partial charge in [-0.05, 0) is 51.7 Å². The average molecular weight is 548 g/mol. The van der Waals surface area contributed by atoms with Crippen LogP contribution >= 0.6 is 0 Å². The van der Waals surface area contributed by atoms with E-state index in [4.69, 9.17) is 14.6 Å². The topological polar surface area (TPSA) is 133 Å². The number of methoxy groups -OCH3 is 1. The molecule has 0 saturated heterocycles. The third kappa shape index (κ3) is 5.21. The van der Waals surface area contributed by atoms with Crippen LogP contribution in [0.3, 0.4) is 0 Å². The van der Waals surface area contributed by atoms with Gasteiger partial charge in [-0.3, -0.25) is 19.1 Å². The zero-order chi connectivity index (χ0) is 28.6. The molecule has 1 fully saturated rings. The van der Waals surface area contributed by atoms with Crippen LogP contribution in [-0.4, -0.2) is 72.9 Å². The number of amides is 2. The summed E-state index contributed by atoms with van der Waals surface area (Å²) >= 11 is 0. The number of hydrogen-bond donors (Lipinski definition) is 1. The molecular formula is C28H33N7O5. The van der Waals surface area contributed by atoms with Crippen molar-refractivity contribution in [3.8, 4) is 5.75 Å². The number of benzene rings is 1. The Labute approximate surface area is 231 Å². The number of carbonyl (C=O) groups is 3. The molecule has 0 aliphatic heterocycles. The summed E-state index contributed by atoms with van der Waals surface area (Å²) in [4.78, 5) is 43.6. The quantitative estimate of drug-likeness (QED) is 0.347. The Hall–Kier alpha value is -4.48. The van der Waals surface area contributed by atoms with E-state index in [-0.39, 0.29) is 23.9 Å². The molecule has 1 aromatic carbocycles. The van der Waals surface area contributed by atoms with Gasteiger partial charge in [0.1, 0.15) is 11.4 Å². The fourth-order valence-electron chi connectivity index (χ4n) is 5.41. The largest absolute Gasteiger partial charge is 0.496 e. The molecule has 12 heteroatoms. The molecule has 1 aliphatic rings. The molecular weight excluding hydrogens is 514 g/mol. The van der Waals surface area contributed by atoms with Crippen LogP contribution < -0.4 is 10.1 Å². The normalized spacial score (nSPS) is 17.5. The molecule has 210 valence electrons. The van der Waals surface area contributed by atoms with Crippen molar-refractivity contribution in [1.82, 2.24) is 29.3 Å². The van der Waals surface area contributed by atoms with Gasteiger partial charge >= 0.3 is 5.97 Å². The zero-order valence-electron chi connectivity index (χ0n) is 23.2. The molecule has 12 nitrogen and oxygen atoms in total. The summed E-state index contributed by atoms with van der Waals surface area (Å²) < 4.78 is 14.3. The van der Waals surface area contributed by atoms with Crippen LogP contribution in [0.4, 0.5) is 5.69 Å². The molecule has 4 aromatic rings. The summed E-state index contributed by atoms with van der Waals surface area (Å²) in [6.07, 6.45) is 10.2. The molecule has 0 atom stereocenters. The van der Waals surface area contributed by atoms with Crippen molar-refractivity contribution in [2.45, 2.75) is 64.1 Å². The lowest BCUT2D eigenvalue weighted by Gasteiger charge is -2.38. The van der Waals surface area contributed by atoms with E-state index in [0.717, 1.165) is 36.6 Å². The lowest BCUT2D eigenvalue weighted by Crippen LogP contribution is -2.50. The van der Waals surface area contributed by atoms with E-state index >= 15 is 0 Å². The number of rotatable bonds is 7. The van der Waals surface area contributed by atoms with Crippen LogP contribution in [0.5, 0.6) is 5.75 Å². The van der Waals surface area contributed by atoms with Gasteiger partial charge in [0.2, 0.25) is 0 Å². The molecule has 0 spiro atoms. The zero-order valence-corrected chi connectivity index (χ0v) is 23.2. The van der Waals surface area contributed by atoms with Crippen molar-refractivity contribution in [2.75, 3.05) is 19.5 Å². The average Bonchev–Trinajstić information content (AvgIpc) is 3.54. The van der Waals surface area contributed by atoms with Gasteiger partial charge in [-0.1, -0.05) is 0 Å². The molecule has 1 aliphatic carbocycles. The highest BCUT2D eigenvalue weighted by Crippen LogP contribution is 2.34. The fourth-order valence-corrected chi connectivity index (χ4v) is 5.41. The lowest BCUT2D eigenvalue weighted by atomic mass is 9.89. The van der Waals surface area contributed by atoms with Crippen LogP contribution in [0.15, 0.2) is 43.0 Å². The summed E-state index contributed by atoms with van der Waals surface area (Å²) in [6.45, 7) is 4.54. The molecule has 0 bridgehead atoms. The number of nitrogens with zero attached hydrogens (tertiary/aromatic N) is 6. The maximum absolute atomic E-state index is 13.2. The number of nitrogens with one attached hydrogen (secondary N) is 1. The third-order valence-corrected chi connectivity index (χ3v) is 7.44. The first-order chi connectivity index (χ1) is 19.1. The highest BCUT2D eigenvalue weighted by atomic mass is 16.6. The number of carbonyl (C=O) groups excluding carboxylic acids is 3. The van der Waals surface area contributed by atoms with Crippen molar-refractivity contribution < 1.29 is 23.9 Å². The number of likely N-dealkylation sites (N-methyl/N-ethyl adjacent to an activating group) is 1. The minimum atomic E-state index is -1.21. The molecule has 5 rings (SSSR count). The maximum Gasteiger partial charge on any atom is 0.303 e. The first-order valence-corrected chi connectivity index (χ1v) is 13.2. The second kappa shape index (κ2) is 10.6. The maximum atomic E-state index is 13.2. The van der Waals surface area contributed by atoms with Gasteiger partial charge in [0.25, 0.3) is 11.8 Å². The van der Waals surface area contributed by atoms with Crippen molar-refractivity contribution in [3.05, 3.63) is 48.5 Å². The van der Waals surface area contributed by atoms with Gasteiger partial charge in [-0.15, -0.1) is 0 Å². The Kier molecular flexibility index (Phi) is 7.17. The summed E-state index contributed by atoms with van der Waals surface area (Å²) in [5, 5.41) is 12.7. The second-order valence-corrected chi connectivity index (χ2v) is 10.6. The molecule has 2 amide bonds. The molecule has 40 heavy (non-hydrogen) atoms.